The average molecular weight is 348 g/mol. The minimum atomic E-state index is -0.250. The third kappa shape index (κ3) is 2.80. The lowest BCUT2D eigenvalue weighted by Gasteiger charge is -2.35. The number of hydrogen-bond donors (Lipinski definition) is 1. The molecule has 3 fully saturated rings. The van der Waals surface area contributed by atoms with E-state index in [9.17, 15) is 9.59 Å². The summed E-state index contributed by atoms with van der Waals surface area (Å²) in [5.74, 6) is 1.14. The topological polar surface area (TPSA) is 52.7 Å². The molecule has 1 aromatic rings. The van der Waals surface area contributed by atoms with Crippen LogP contribution < -0.4 is 10.2 Å². The number of anilines is 1. The van der Waals surface area contributed by atoms with E-state index in [0.29, 0.717) is 29.1 Å². The van der Waals surface area contributed by atoms with E-state index in [2.05, 4.69) is 5.32 Å². The van der Waals surface area contributed by atoms with Crippen molar-refractivity contribution in [3.63, 3.8) is 0 Å². The van der Waals surface area contributed by atoms with Gasteiger partial charge in [-0.15, -0.1) is 0 Å². The van der Waals surface area contributed by atoms with E-state index in [1.165, 1.54) is 0 Å². The summed E-state index contributed by atoms with van der Waals surface area (Å²) in [6, 6.07) is 7.32. The molecule has 0 aliphatic carbocycles. The van der Waals surface area contributed by atoms with Crippen LogP contribution in [0.3, 0.4) is 0 Å². The van der Waals surface area contributed by atoms with Gasteiger partial charge in [-0.25, -0.2) is 0 Å². The number of carbonyl (C=O) groups excluding carboxylic acids is 2. The number of fused-ring (bicyclic) bond motifs is 1. The highest BCUT2D eigenvalue weighted by Gasteiger charge is 2.41. The summed E-state index contributed by atoms with van der Waals surface area (Å²) >= 11 is 6.21. The Morgan fingerprint density at radius 3 is 2.79 bits per heavy atom. The molecule has 2 amide bonds. The lowest BCUT2D eigenvalue weighted by molar-refractivity contribution is -0.138. The Kier molecular flexibility index (Phi) is 4.22. The average Bonchev–Trinajstić information content (AvgIpc) is 3.20. The Labute approximate surface area is 146 Å². The van der Waals surface area contributed by atoms with Gasteiger partial charge in [0.1, 0.15) is 0 Å². The predicted molar refractivity (Wildman–Crippen MR) is 93.0 cm³/mol. The van der Waals surface area contributed by atoms with Gasteiger partial charge in [-0.3, -0.25) is 9.59 Å². The van der Waals surface area contributed by atoms with Gasteiger partial charge in [-0.05, 0) is 43.5 Å². The lowest BCUT2D eigenvalue weighted by atomic mass is 9.88. The molecule has 1 aromatic carbocycles. The first kappa shape index (κ1) is 15.9. The first-order valence-electron chi connectivity index (χ1n) is 8.68. The smallest absolute Gasteiger partial charge is 0.228 e. The van der Waals surface area contributed by atoms with Crippen molar-refractivity contribution in [3.8, 4) is 0 Å². The van der Waals surface area contributed by atoms with Gasteiger partial charge in [0.15, 0.2) is 0 Å². The molecule has 3 aliphatic rings. The maximum absolute atomic E-state index is 12.9. The molecule has 3 atom stereocenters. The summed E-state index contributed by atoms with van der Waals surface area (Å²) in [6.07, 6.45) is 1.35. The maximum atomic E-state index is 12.9. The van der Waals surface area contributed by atoms with E-state index in [1.54, 1.807) is 11.0 Å². The summed E-state index contributed by atoms with van der Waals surface area (Å²) in [5, 5.41) is 3.97. The largest absolute Gasteiger partial charge is 0.342 e. The van der Waals surface area contributed by atoms with Crippen LogP contribution in [0.2, 0.25) is 5.02 Å². The fourth-order valence-electron chi connectivity index (χ4n) is 4.27. The van der Waals surface area contributed by atoms with Crippen molar-refractivity contribution in [2.45, 2.75) is 12.8 Å². The van der Waals surface area contributed by atoms with E-state index >= 15 is 0 Å². The molecule has 1 N–H and O–H groups in total. The molecule has 0 bridgehead atoms. The highest BCUT2D eigenvalue weighted by molar-refractivity contribution is 6.33. The first-order valence-corrected chi connectivity index (χ1v) is 9.05. The van der Waals surface area contributed by atoms with Gasteiger partial charge in [-0.2, -0.15) is 0 Å². The summed E-state index contributed by atoms with van der Waals surface area (Å²) in [6.45, 7) is 4.16. The molecule has 0 saturated carbocycles. The molecule has 3 heterocycles. The van der Waals surface area contributed by atoms with Crippen molar-refractivity contribution in [2.75, 3.05) is 37.6 Å². The molecule has 0 aromatic heterocycles. The molecule has 3 saturated heterocycles. The van der Waals surface area contributed by atoms with Crippen molar-refractivity contribution in [3.05, 3.63) is 29.3 Å². The lowest BCUT2D eigenvalue weighted by Crippen LogP contribution is -2.46. The fourth-order valence-corrected chi connectivity index (χ4v) is 4.51. The van der Waals surface area contributed by atoms with Crippen LogP contribution in [-0.4, -0.2) is 49.4 Å². The summed E-state index contributed by atoms with van der Waals surface area (Å²) in [4.78, 5) is 28.9. The SMILES string of the molecule is O=C(C1CC(=O)N(c2ccccc2Cl)C1)N1CCC2CNCC2C1. The minimum Gasteiger partial charge on any atom is -0.342 e. The molecule has 4 rings (SSSR count). The number of carbonyl (C=O) groups is 2. The number of amides is 2. The third-order valence-corrected chi connectivity index (χ3v) is 5.95. The Hall–Kier alpha value is -1.59. The van der Waals surface area contributed by atoms with Gasteiger partial charge in [-0.1, -0.05) is 23.7 Å². The quantitative estimate of drug-likeness (QED) is 0.887. The maximum Gasteiger partial charge on any atom is 0.228 e. The molecule has 3 unspecified atom stereocenters. The van der Waals surface area contributed by atoms with Crippen LogP contribution in [0.25, 0.3) is 0 Å². The second-order valence-electron chi connectivity index (χ2n) is 7.11. The van der Waals surface area contributed by atoms with Crippen LogP contribution in [0, 0.1) is 17.8 Å². The Morgan fingerprint density at radius 2 is 1.96 bits per heavy atom. The highest BCUT2D eigenvalue weighted by Crippen LogP contribution is 2.33. The highest BCUT2D eigenvalue weighted by atomic mass is 35.5. The van der Waals surface area contributed by atoms with Crippen molar-refractivity contribution in [2.24, 2.45) is 17.8 Å². The molecule has 24 heavy (non-hydrogen) atoms. The Bertz CT molecular complexity index is 665. The number of rotatable bonds is 2. The van der Waals surface area contributed by atoms with Crippen molar-refractivity contribution in [1.29, 1.82) is 0 Å². The molecule has 3 aliphatic heterocycles. The standard InChI is InChI=1S/C18H22ClN3O2/c19-15-3-1-2-4-16(15)22-11-13(7-17(22)23)18(24)21-6-5-12-8-20-9-14(12)10-21/h1-4,12-14,20H,5-11H2. The number of para-hydroxylation sites is 1. The third-order valence-electron chi connectivity index (χ3n) is 5.63. The van der Waals surface area contributed by atoms with Gasteiger partial charge in [0.2, 0.25) is 11.8 Å². The minimum absolute atomic E-state index is 0.0149. The zero-order valence-corrected chi connectivity index (χ0v) is 14.3. The summed E-state index contributed by atoms with van der Waals surface area (Å²) < 4.78 is 0. The van der Waals surface area contributed by atoms with Crippen molar-refractivity contribution < 1.29 is 9.59 Å². The van der Waals surface area contributed by atoms with E-state index in [0.717, 1.165) is 32.6 Å². The molecule has 5 nitrogen and oxygen atoms in total. The molecule has 6 heteroatoms. The number of likely N-dealkylation sites (tertiary alicyclic amines) is 1. The van der Waals surface area contributed by atoms with Crippen LogP contribution in [0.4, 0.5) is 5.69 Å². The molecule has 0 spiro atoms. The second-order valence-corrected chi connectivity index (χ2v) is 7.52. The number of benzene rings is 1. The summed E-state index contributed by atoms with van der Waals surface area (Å²) in [5.41, 5.74) is 0.707. The van der Waals surface area contributed by atoms with Gasteiger partial charge < -0.3 is 15.1 Å². The zero-order valence-electron chi connectivity index (χ0n) is 13.6. The zero-order chi connectivity index (χ0) is 16.7. The number of piperidine rings is 1. The molecule has 128 valence electrons. The Balaban J connectivity index is 1.45. The summed E-state index contributed by atoms with van der Waals surface area (Å²) in [7, 11) is 0. The van der Waals surface area contributed by atoms with Crippen molar-refractivity contribution in [1.82, 2.24) is 10.2 Å². The van der Waals surface area contributed by atoms with Crippen LogP contribution >= 0.6 is 11.6 Å². The first-order chi connectivity index (χ1) is 11.6. The predicted octanol–water partition coefficient (Wildman–Crippen LogP) is 1.76. The van der Waals surface area contributed by atoms with Crippen LogP contribution in [-0.2, 0) is 9.59 Å². The van der Waals surface area contributed by atoms with Crippen LogP contribution in [0.15, 0.2) is 24.3 Å². The van der Waals surface area contributed by atoms with Gasteiger partial charge in [0.05, 0.1) is 16.6 Å². The number of halogens is 1. The van der Waals surface area contributed by atoms with Gasteiger partial charge in [0, 0.05) is 26.1 Å². The second kappa shape index (κ2) is 6.37. The van der Waals surface area contributed by atoms with Crippen molar-refractivity contribution >= 4 is 29.1 Å². The Morgan fingerprint density at radius 1 is 1.17 bits per heavy atom. The normalized spacial score (nSPS) is 29.9. The van der Waals surface area contributed by atoms with E-state index in [4.69, 9.17) is 11.6 Å². The fraction of sp³-hybridized carbons (Fsp3) is 0.556. The number of nitrogens with zero attached hydrogens (tertiary/aromatic N) is 2. The molecule has 0 radical (unpaired) electrons. The van der Waals surface area contributed by atoms with Crippen LogP contribution in [0.1, 0.15) is 12.8 Å². The molecular weight excluding hydrogens is 326 g/mol. The number of hydrogen-bond acceptors (Lipinski definition) is 3. The van der Waals surface area contributed by atoms with E-state index in [-0.39, 0.29) is 24.2 Å². The van der Waals surface area contributed by atoms with Gasteiger partial charge >= 0.3 is 0 Å². The molecular formula is C18H22ClN3O2. The van der Waals surface area contributed by atoms with E-state index < -0.39 is 0 Å². The van der Waals surface area contributed by atoms with Gasteiger partial charge in [0.25, 0.3) is 0 Å². The monoisotopic (exact) mass is 347 g/mol. The number of nitrogens with one attached hydrogen (secondary N) is 1. The van der Waals surface area contributed by atoms with E-state index in [1.807, 2.05) is 23.1 Å². The van der Waals surface area contributed by atoms with Crippen LogP contribution in [0.5, 0.6) is 0 Å².